The molecule has 0 aromatic carbocycles. The Morgan fingerprint density at radius 2 is 1.89 bits per heavy atom. The minimum absolute atomic E-state index is 0.0768. The van der Waals surface area contributed by atoms with Gasteiger partial charge >= 0.3 is 12.1 Å². The first-order valence-corrected chi connectivity index (χ1v) is 6.59. The van der Waals surface area contributed by atoms with Gasteiger partial charge in [-0.2, -0.15) is 13.2 Å². The van der Waals surface area contributed by atoms with Crippen LogP contribution in [0.3, 0.4) is 0 Å². The van der Waals surface area contributed by atoms with Crippen molar-refractivity contribution in [1.82, 2.24) is 0 Å². The quantitative estimate of drug-likeness (QED) is 0.801. The Morgan fingerprint density at radius 1 is 1.33 bits per heavy atom. The molecule has 2 nitrogen and oxygen atoms in total. The molecule has 0 radical (unpaired) electrons. The summed E-state index contributed by atoms with van der Waals surface area (Å²) in [6.45, 7) is 2.07. The lowest BCUT2D eigenvalue weighted by molar-refractivity contribution is -0.155. The molecule has 0 amide bonds. The standard InChI is InChI=1S/C13H21F3O2/c1-2-10-4-8-12(9-5-10,11(17)18)6-3-7-13(14,15)16/h10H,2-9H2,1H3,(H,17,18). The van der Waals surface area contributed by atoms with Gasteiger partial charge in [-0.1, -0.05) is 13.3 Å². The summed E-state index contributed by atoms with van der Waals surface area (Å²) in [6.07, 6.45) is -1.25. The Labute approximate surface area is 106 Å². The molecule has 0 aromatic heterocycles. The zero-order chi connectivity index (χ0) is 13.8. The van der Waals surface area contributed by atoms with Gasteiger partial charge in [0.1, 0.15) is 0 Å². The molecule has 5 heteroatoms. The predicted octanol–water partition coefficient (Wildman–Crippen LogP) is 4.39. The molecule has 1 rings (SSSR count). The van der Waals surface area contributed by atoms with Crippen molar-refractivity contribution in [3.05, 3.63) is 0 Å². The van der Waals surface area contributed by atoms with Gasteiger partial charge in [-0.3, -0.25) is 4.79 Å². The lowest BCUT2D eigenvalue weighted by atomic mass is 9.67. The van der Waals surface area contributed by atoms with Crippen LogP contribution in [0.1, 0.15) is 58.3 Å². The molecule has 1 saturated carbocycles. The lowest BCUT2D eigenvalue weighted by Crippen LogP contribution is -2.35. The molecule has 1 fully saturated rings. The van der Waals surface area contributed by atoms with E-state index >= 15 is 0 Å². The van der Waals surface area contributed by atoms with Crippen molar-refractivity contribution < 1.29 is 23.1 Å². The molecule has 0 aromatic rings. The first-order chi connectivity index (χ1) is 8.29. The number of carboxylic acid groups (broad SMARTS) is 1. The predicted molar refractivity (Wildman–Crippen MR) is 62.2 cm³/mol. The van der Waals surface area contributed by atoms with Crippen molar-refractivity contribution in [1.29, 1.82) is 0 Å². The zero-order valence-electron chi connectivity index (χ0n) is 10.7. The second kappa shape index (κ2) is 5.93. The normalized spacial score (nSPS) is 29.2. The summed E-state index contributed by atoms with van der Waals surface area (Å²) in [5.74, 6) is -0.376. The summed E-state index contributed by atoms with van der Waals surface area (Å²) in [5, 5.41) is 9.30. The molecule has 1 N–H and O–H groups in total. The third kappa shape index (κ3) is 4.18. The van der Waals surface area contributed by atoms with E-state index in [4.69, 9.17) is 0 Å². The Balaban J connectivity index is 2.53. The van der Waals surface area contributed by atoms with E-state index in [1.807, 2.05) is 0 Å². The van der Waals surface area contributed by atoms with Crippen LogP contribution in [0.2, 0.25) is 0 Å². The monoisotopic (exact) mass is 266 g/mol. The van der Waals surface area contributed by atoms with Gasteiger partial charge in [0.15, 0.2) is 0 Å². The van der Waals surface area contributed by atoms with Crippen LogP contribution in [0, 0.1) is 11.3 Å². The first-order valence-electron chi connectivity index (χ1n) is 6.59. The van der Waals surface area contributed by atoms with Gasteiger partial charge in [-0.05, 0) is 44.4 Å². The van der Waals surface area contributed by atoms with Gasteiger partial charge in [-0.15, -0.1) is 0 Å². The van der Waals surface area contributed by atoms with Crippen LogP contribution in [-0.2, 0) is 4.79 Å². The number of halogens is 3. The molecule has 1 aliphatic carbocycles. The SMILES string of the molecule is CCC1CCC(CCCC(F)(F)F)(C(=O)O)CC1. The van der Waals surface area contributed by atoms with Crippen LogP contribution in [0.4, 0.5) is 13.2 Å². The minimum Gasteiger partial charge on any atom is -0.481 e. The van der Waals surface area contributed by atoms with E-state index in [1.165, 1.54) is 0 Å². The molecule has 0 aliphatic heterocycles. The molecular weight excluding hydrogens is 245 g/mol. The zero-order valence-corrected chi connectivity index (χ0v) is 10.7. The van der Waals surface area contributed by atoms with Crippen molar-refractivity contribution in [2.24, 2.45) is 11.3 Å². The van der Waals surface area contributed by atoms with E-state index in [9.17, 15) is 23.1 Å². The highest BCUT2D eigenvalue weighted by molar-refractivity contribution is 5.74. The third-order valence-corrected chi connectivity index (χ3v) is 4.21. The molecule has 18 heavy (non-hydrogen) atoms. The molecule has 106 valence electrons. The first kappa shape index (κ1) is 15.3. The number of aliphatic carboxylic acids is 1. The van der Waals surface area contributed by atoms with Gasteiger partial charge in [0.2, 0.25) is 0 Å². The van der Waals surface area contributed by atoms with E-state index < -0.39 is 24.0 Å². The fraction of sp³-hybridized carbons (Fsp3) is 0.923. The number of carboxylic acids is 1. The highest BCUT2D eigenvalue weighted by atomic mass is 19.4. The van der Waals surface area contributed by atoms with Crippen LogP contribution in [-0.4, -0.2) is 17.3 Å². The van der Waals surface area contributed by atoms with Crippen LogP contribution >= 0.6 is 0 Å². The highest BCUT2D eigenvalue weighted by Gasteiger charge is 2.41. The molecule has 0 heterocycles. The number of alkyl halides is 3. The number of rotatable bonds is 5. The summed E-state index contributed by atoms with van der Waals surface area (Å²) in [4.78, 5) is 11.3. The van der Waals surface area contributed by atoms with Crippen molar-refractivity contribution >= 4 is 5.97 Å². The maximum Gasteiger partial charge on any atom is 0.389 e. The molecule has 1 aliphatic rings. The number of hydrogen-bond donors (Lipinski definition) is 1. The van der Waals surface area contributed by atoms with Gasteiger partial charge in [0.25, 0.3) is 0 Å². The highest BCUT2D eigenvalue weighted by Crippen LogP contribution is 2.44. The molecule has 0 bridgehead atoms. The summed E-state index contributed by atoms with van der Waals surface area (Å²) in [7, 11) is 0. The van der Waals surface area contributed by atoms with Gasteiger partial charge in [0.05, 0.1) is 5.41 Å². The Morgan fingerprint density at radius 3 is 2.28 bits per heavy atom. The van der Waals surface area contributed by atoms with Gasteiger partial charge < -0.3 is 5.11 Å². The molecule has 0 unspecified atom stereocenters. The molecule has 0 saturated heterocycles. The van der Waals surface area contributed by atoms with Gasteiger partial charge in [0, 0.05) is 6.42 Å². The van der Waals surface area contributed by atoms with Crippen molar-refractivity contribution in [3.63, 3.8) is 0 Å². The molecule has 0 atom stereocenters. The van der Waals surface area contributed by atoms with E-state index in [-0.39, 0.29) is 12.8 Å². The summed E-state index contributed by atoms with van der Waals surface area (Å²) in [6, 6.07) is 0. The maximum absolute atomic E-state index is 12.1. The average molecular weight is 266 g/mol. The van der Waals surface area contributed by atoms with Crippen molar-refractivity contribution in [2.45, 2.75) is 64.5 Å². The van der Waals surface area contributed by atoms with Crippen molar-refractivity contribution in [3.8, 4) is 0 Å². The van der Waals surface area contributed by atoms with Crippen LogP contribution in [0.5, 0.6) is 0 Å². The van der Waals surface area contributed by atoms with E-state index in [0.717, 1.165) is 19.3 Å². The van der Waals surface area contributed by atoms with E-state index in [1.54, 1.807) is 0 Å². The molecule has 0 spiro atoms. The fourth-order valence-electron chi connectivity index (χ4n) is 2.84. The molecular formula is C13H21F3O2. The van der Waals surface area contributed by atoms with Crippen molar-refractivity contribution in [2.75, 3.05) is 0 Å². The Bertz CT molecular complexity index is 278. The third-order valence-electron chi connectivity index (χ3n) is 4.21. The average Bonchev–Trinajstić information content (AvgIpc) is 2.28. The second-order valence-corrected chi connectivity index (χ2v) is 5.41. The van der Waals surface area contributed by atoms with E-state index in [2.05, 4.69) is 6.92 Å². The summed E-state index contributed by atoms with van der Waals surface area (Å²) >= 11 is 0. The van der Waals surface area contributed by atoms with Crippen LogP contribution in [0.25, 0.3) is 0 Å². The van der Waals surface area contributed by atoms with Crippen LogP contribution < -0.4 is 0 Å². The Kier molecular flexibility index (Phi) is 5.05. The number of hydrogen-bond acceptors (Lipinski definition) is 1. The smallest absolute Gasteiger partial charge is 0.389 e. The maximum atomic E-state index is 12.1. The summed E-state index contributed by atoms with van der Waals surface area (Å²) in [5.41, 5.74) is -0.906. The lowest BCUT2D eigenvalue weighted by Gasteiger charge is -2.36. The summed E-state index contributed by atoms with van der Waals surface area (Å²) < 4.78 is 36.3. The second-order valence-electron chi connectivity index (χ2n) is 5.41. The van der Waals surface area contributed by atoms with Crippen LogP contribution in [0.15, 0.2) is 0 Å². The fourth-order valence-corrected chi connectivity index (χ4v) is 2.84. The Hall–Kier alpha value is -0.740. The minimum atomic E-state index is -4.18. The topological polar surface area (TPSA) is 37.3 Å². The van der Waals surface area contributed by atoms with E-state index in [0.29, 0.717) is 18.8 Å². The van der Waals surface area contributed by atoms with Gasteiger partial charge in [-0.25, -0.2) is 0 Å². The number of carbonyl (C=O) groups is 1. The largest absolute Gasteiger partial charge is 0.481 e.